The van der Waals surface area contributed by atoms with Crippen molar-refractivity contribution in [2.45, 2.75) is 150 Å². The lowest BCUT2D eigenvalue weighted by Gasteiger charge is -2.41. The van der Waals surface area contributed by atoms with Gasteiger partial charge in [0, 0.05) is 13.0 Å². The quantitative estimate of drug-likeness (QED) is 0.0342. The summed E-state index contributed by atoms with van der Waals surface area (Å²) in [6, 6.07) is 0. The predicted molar refractivity (Wildman–Crippen MR) is 204 cm³/mol. The van der Waals surface area contributed by atoms with Gasteiger partial charge in [-0.05, 0) is 119 Å². The largest absolute Gasteiger partial charge is 0.508 e. The van der Waals surface area contributed by atoms with E-state index in [1.165, 1.54) is 44.9 Å². The average Bonchev–Trinajstić information content (AvgIpc) is 3.65. The molecule has 3 rings (SSSR count). The van der Waals surface area contributed by atoms with Crippen molar-refractivity contribution in [3.8, 4) is 0 Å². The molecule has 0 aromatic carbocycles. The van der Waals surface area contributed by atoms with Crippen LogP contribution in [0.1, 0.15) is 150 Å². The Morgan fingerprint density at radius 1 is 0.706 bits per heavy atom. The fourth-order valence-electron chi connectivity index (χ4n) is 9.03. The number of ether oxygens (including phenoxy) is 4. The molecule has 3 fully saturated rings. The van der Waals surface area contributed by atoms with Crippen molar-refractivity contribution < 1.29 is 33.3 Å². The van der Waals surface area contributed by atoms with Gasteiger partial charge in [0.2, 0.25) is 0 Å². The van der Waals surface area contributed by atoms with Crippen LogP contribution in [0.5, 0.6) is 0 Å². The van der Waals surface area contributed by atoms with E-state index in [9.17, 15) is 14.4 Å². The highest BCUT2D eigenvalue weighted by Crippen LogP contribution is 2.66. The summed E-state index contributed by atoms with van der Waals surface area (Å²) in [5.74, 6) is 2.21. The van der Waals surface area contributed by atoms with Gasteiger partial charge in [-0.2, -0.15) is 0 Å². The van der Waals surface area contributed by atoms with Gasteiger partial charge in [0.15, 0.2) is 0 Å². The Morgan fingerprint density at radius 3 is 1.98 bits per heavy atom. The lowest BCUT2D eigenvalue weighted by Crippen LogP contribution is -2.33. The van der Waals surface area contributed by atoms with Crippen LogP contribution in [0.25, 0.3) is 0 Å². The van der Waals surface area contributed by atoms with Gasteiger partial charge in [0.1, 0.15) is 19.8 Å². The lowest BCUT2D eigenvalue weighted by atomic mass is 9.64. The van der Waals surface area contributed by atoms with Crippen molar-refractivity contribution >= 4 is 18.1 Å². The van der Waals surface area contributed by atoms with Crippen molar-refractivity contribution in [2.24, 2.45) is 35.0 Å². The van der Waals surface area contributed by atoms with E-state index >= 15 is 0 Å². The molecule has 0 radical (unpaired) electrons. The summed E-state index contributed by atoms with van der Waals surface area (Å²) in [6.45, 7) is 11.9. The van der Waals surface area contributed by atoms with E-state index < -0.39 is 12.1 Å². The number of hydrogen-bond acceptors (Lipinski definition) is 8. The molecule has 0 spiro atoms. The molecule has 0 heterocycles. The van der Waals surface area contributed by atoms with Gasteiger partial charge in [-0.1, -0.05) is 84.1 Å². The molecular weight excluding hydrogens is 642 g/mol. The lowest BCUT2D eigenvalue weighted by molar-refractivity contribution is -0.151. The van der Waals surface area contributed by atoms with Gasteiger partial charge in [0.05, 0.1) is 18.9 Å². The van der Waals surface area contributed by atoms with Crippen molar-refractivity contribution in [3.05, 3.63) is 24.3 Å². The van der Waals surface area contributed by atoms with Crippen LogP contribution in [-0.4, -0.2) is 69.1 Å². The maximum Gasteiger partial charge on any atom is 0.508 e. The minimum atomic E-state index is -0.745. The predicted octanol–water partition coefficient (Wildman–Crippen LogP) is 10.2. The highest BCUT2D eigenvalue weighted by atomic mass is 16.7. The summed E-state index contributed by atoms with van der Waals surface area (Å²) < 4.78 is 22.1. The van der Waals surface area contributed by atoms with E-state index in [-0.39, 0.29) is 43.8 Å². The molecule has 8 nitrogen and oxygen atoms in total. The summed E-state index contributed by atoms with van der Waals surface area (Å²) in [7, 11) is 0. The summed E-state index contributed by atoms with van der Waals surface area (Å²) in [5.41, 5.74) is 0.0894. The van der Waals surface area contributed by atoms with Crippen LogP contribution >= 0.6 is 0 Å². The van der Waals surface area contributed by atoms with Crippen LogP contribution in [0, 0.1) is 35.0 Å². The van der Waals surface area contributed by atoms with E-state index in [1.54, 1.807) is 0 Å². The molecule has 6 atom stereocenters. The van der Waals surface area contributed by atoms with Crippen LogP contribution in [0.2, 0.25) is 0 Å². The second kappa shape index (κ2) is 24.8. The average molecular weight is 716 g/mol. The second-order valence-corrected chi connectivity index (χ2v) is 16.1. The third kappa shape index (κ3) is 16.9. The second-order valence-electron chi connectivity index (χ2n) is 16.1. The topological polar surface area (TPSA) is 91.4 Å². The number of unbranched alkanes of at least 4 members (excludes halogenated alkanes) is 8. The maximum atomic E-state index is 13.1. The Hall–Kier alpha value is -2.35. The van der Waals surface area contributed by atoms with Crippen LogP contribution in [0.15, 0.2) is 24.3 Å². The molecule has 3 saturated carbocycles. The van der Waals surface area contributed by atoms with Crippen LogP contribution in [0.3, 0.4) is 0 Å². The molecule has 0 saturated heterocycles. The van der Waals surface area contributed by atoms with Gasteiger partial charge in [-0.15, -0.1) is 0 Å². The van der Waals surface area contributed by atoms with Gasteiger partial charge in [-0.3, -0.25) is 9.59 Å². The molecule has 3 aliphatic rings. The molecule has 3 aliphatic carbocycles. The molecule has 0 N–H and O–H groups in total. The number of nitrogens with zero attached hydrogens (tertiary/aromatic N) is 1. The Balaban J connectivity index is 1.32. The first-order valence-corrected chi connectivity index (χ1v) is 20.9. The fourth-order valence-corrected chi connectivity index (χ4v) is 9.03. The monoisotopic (exact) mass is 716 g/mol. The minimum absolute atomic E-state index is 0.0333. The number of rotatable bonds is 28. The molecule has 51 heavy (non-hydrogen) atoms. The molecule has 0 aliphatic heterocycles. The number of carbonyl (C=O) groups is 3. The SMILES string of the molecule is CCCCC/C=C\C/C=C\CCCCCCCC(=O)OCC(COC(=O)CC12C[C@H]3C[C@@H](C)C[C@@H](C1)[C@@H]3C2)COC(=O)OCCCN(CC)CC. The van der Waals surface area contributed by atoms with Gasteiger partial charge in [0.25, 0.3) is 0 Å². The fraction of sp³-hybridized carbons (Fsp3) is 0.837. The first-order valence-electron chi connectivity index (χ1n) is 20.9. The number of allylic oxidation sites excluding steroid dienone is 4. The molecule has 8 heteroatoms. The Labute approximate surface area is 310 Å². The minimum Gasteiger partial charge on any atom is -0.465 e. The first-order chi connectivity index (χ1) is 24.8. The summed E-state index contributed by atoms with van der Waals surface area (Å²) in [6.07, 6.45) is 28.3. The molecular formula is C43H73NO7. The number of fused-ring (bicyclic) bond motifs is 1. The smallest absolute Gasteiger partial charge is 0.465 e. The van der Waals surface area contributed by atoms with E-state index in [0.717, 1.165) is 108 Å². The standard InChI is InChI=1S/C43H73NO7/c1-5-8-9-10-11-12-13-14-15-16-17-18-19-20-21-23-40(45)49-32-36(34-51-42(47)48-25-22-24-44(6-2)7-3)33-50-41(46)31-43-28-37-26-35(4)27-38(29-43)39(37)30-43/h11-12,14-15,35-39H,5-10,13,16-34H2,1-4H3/b12-11-,15-14-/t35-,36?,37-,38+,39-,43?. The summed E-state index contributed by atoms with van der Waals surface area (Å²) in [4.78, 5) is 40.3. The van der Waals surface area contributed by atoms with E-state index in [0.29, 0.717) is 12.8 Å². The first kappa shape index (κ1) is 43.1. The highest BCUT2D eigenvalue weighted by Gasteiger charge is 2.57. The van der Waals surface area contributed by atoms with Gasteiger partial charge >= 0.3 is 18.1 Å². The van der Waals surface area contributed by atoms with Crippen molar-refractivity contribution in [1.82, 2.24) is 4.90 Å². The van der Waals surface area contributed by atoms with Crippen LogP contribution in [-0.2, 0) is 28.5 Å². The Morgan fingerprint density at radius 2 is 1.31 bits per heavy atom. The van der Waals surface area contributed by atoms with Crippen molar-refractivity contribution in [1.29, 1.82) is 0 Å². The van der Waals surface area contributed by atoms with Crippen LogP contribution in [0.4, 0.5) is 4.79 Å². The zero-order valence-electron chi connectivity index (χ0n) is 32.9. The zero-order valence-corrected chi connectivity index (χ0v) is 32.9. The number of hydrogen-bond donors (Lipinski definition) is 0. The number of esters is 2. The van der Waals surface area contributed by atoms with E-state index in [2.05, 4.69) is 56.9 Å². The Bertz CT molecular complexity index is 1040. The van der Waals surface area contributed by atoms with Crippen molar-refractivity contribution in [2.75, 3.05) is 46.1 Å². The highest BCUT2D eigenvalue weighted by molar-refractivity contribution is 5.70. The summed E-state index contributed by atoms with van der Waals surface area (Å²) >= 11 is 0. The molecule has 0 aromatic rings. The van der Waals surface area contributed by atoms with E-state index in [1.807, 2.05) is 0 Å². The summed E-state index contributed by atoms with van der Waals surface area (Å²) in [5, 5.41) is 0. The molecule has 2 bridgehead atoms. The van der Waals surface area contributed by atoms with E-state index in [4.69, 9.17) is 18.9 Å². The molecule has 0 amide bonds. The third-order valence-electron chi connectivity index (χ3n) is 11.7. The van der Waals surface area contributed by atoms with Gasteiger partial charge < -0.3 is 23.8 Å². The normalized spacial score (nSPS) is 24.4. The Kier molecular flexibility index (Phi) is 20.9. The zero-order chi connectivity index (χ0) is 36.7. The third-order valence-corrected chi connectivity index (χ3v) is 11.7. The maximum absolute atomic E-state index is 13.1. The molecule has 292 valence electrons. The van der Waals surface area contributed by atoms with Gasteiger partial charge in [-0.25, -0.2) is 4.79 Å². The van der Waals surface area contributed by atoms with Crippen molar-refractivity contribution in [3.63, 3.8) is 0 Å². The molecule has 2 unspecified atom stereocenters. The van der Waals surface area contributed by atoms with Crippen LogP contribution < -0.4 is 0 Å². The number of carbonyl (C=O) groups excluding carboxylic acids is 3. The molecule has 0 aromatic heterocycles.